The summed E-state index contributed by atoms with van der Waals surface area (Å²) in [7, 11) is 0. The van der Waals surface area contributed by atoms with Gasteiger partial charge in [-0.05, 0) is 71.5 Å². The van der Waals surface area contributed by atoms with E-state index in [0.717, 1.165) is 22.7 Å². The predicted molar refractivity (Wildman–Crippen MR) is 286 cm³/mol. The van der Waals surface area contributed by atoms with E-state index in [1.807, 2.05) is 12.1 Å². The van der Waals surface area contributed by atoms with Gasteiger partial charge in [0.15, 0.2) is 0 Å². The van der Waals surface area contributed by atoms with Crippen molar-refractivity contribution >= 4 is 103 Å². The van der Waals surface area contributed by atoms with Crippen LogP contribution >= 0.6 is 34.0 Å². The number of hydrogen-bond donors (Lipinski definition) is 0. The fourth-order valence-corrected chi connectivity index (χ4v) is 13.1. The minimum absolute atomic E-state index is 0.00808. The summed E-state index contributed by atoms with van der Waals surface area (Å²) in [6.07, 6.45) is 0.203. The summed E-state index contributed by atoms with van der Waals surface area (Å²) in [4.78, 5) is 115. The summed E-state index contributed by atoms with van der Waals surface area (Å²) < 4.78 is 23.9. The number of esters is 2. The number of nitrogens with zero attached hydrogens (tertiary/aromatic N) is 4. The number of nitriles is 2. The molecule has 0 N–H and O–H groups in total. The lowest BCUT2D eigenvalue weighted by atomic mass is 9.79. The SMILES string of the molecule is CC1=C(C#N)C(=O)N(C(=O)OCc2ccccc2)C(=O)/C1=C/c1cc2c(s1)-c1sc3cc(/C=C4/C(=O)N(C(=O)OCc5ccccc5)C(=O)C(C#N)=C4C)sc3c1C2(C(=O)OCc1ccccc1)C(=O)OCc1ccccc1. The van der Waals surface area contributed by atoms with E-state index in [4.69, 9.17) is 18.9 Å². The molecular weight excluding hydrogens is 1050 g/mol. The lowest BCUT2D eigenvalue weighted by Gasteiger charge is -2.27. The minimum atomic E-state index is -2.35. The fraction of sp³-hybridized carbons (Fsp3) is 0.119. The predicted octanol–water partition coefficient (Wildman–Crippen LogP) is 10.6. The molecule has 0 saturated carbocycles. The van der Waals surface area contributed by atoms with Crippen LogP contribution in [0.3, 0.4) is 0 Å². The van der Waals surface area contributed by atoms with Crippen LogP contribution in [0.2, 0.25) is 0 Å². The van der Waals surface area contributed by atoms with E-state index in [2.05, 4.69) is 0 Å². The van der Waals surface area contributed by atoms with E-state index in [1.165, 1.54) is 43.4 Å². The average Bonchev–Trinajstić information content (AvgIpc) is 4.21. The number of rotatable bonds is 12. The molecule has 1 aliphatic carbocycles. The Morgan fingerprint density at radius 1 is 0.513 bits per heavy atom. The number of fused-ring (bicyclic) bond motifs is 5. The lowest BCUT2D eigenvalue weighted by Crippen LogP contribution is -2.46. The summed E-state index contributed by atoms with van der Waals surface area (Å²) >= 11 is 3.37. The highest BCUT2D eigenvalue weighted by molar-refractivity contribution is 7.32. The molecule has 19 heteroatoms. The normalized spacial score (nSPS) is 15.8. The number of thiophene rings is 3. The first kappa shape index (κ1) is 51.8. The van der Waals surface area contributed by atoms with Crippen LogP contribution < -0.4 is 0 Å². The van der Waals surface area contributed by atoms with Crippen molar-refractivity contribution in [1.82, 2.24) is 9.80 Å². The number of benzene rings is 4. The zero-order valence-corrected chi connectivity index (χ0v) is 43.5. The molecule has 384 valence electrons. The standard InChI is InChI=1S/C59H38N4O12S3/c1-33-41(51(64)62(53(66)43(33)27-60)57(70)74-31-37-19-11-5-12-20-37)23-39-25-45-48(76-39)50-47(59(45,55(68)72-29-35-15-7-3-8-16-35)56(69)73-30-36-17-9-4-10-18-36)49-46(78-50)26-40(77-49)24-42-34(2)44(28-61)54(67)63(52(42)65)58(71)75-32-38-21-13-6-14-22-38/h3-26H,29-32H2,1-2H3/b41-23+,42-24+. The van der Waals surface area contributed by atoms with Crippen molar-refractivity contribution in [2.45, 2.75) is 45.7 Å². The van der Waals surface area contributed by atoms with Crippen molar-refractivity contribution in [2.75, 3.05) is 0 Å². The van der Waals surface area contributed by atoms with Gasteiger partial charge in [-0.25, -0.2) is 9.59 Å². The Kier molecular flexibility index (Phi) is 14.3. The van der Waals surface area contributed by atoms with Crippen molar-refractivity contribution < 1.29 is 57.3 Å². The minimum Gasteiger partial charge on any atom is -0.459 e. The van der Waals surface area contributed by atoms with Crippen LogP contribution in [0.1, 0.15) is 57.0 Å². The van der Waals surface area contributed by atoms with Gasteiger partial charge in [0, 0.05) is 36.7 Å². The molecule has 0 fully saturated rings. The van der Waals surface area contributed by atoms with Gasteiger partial charge in [0.25, 0.3) is 23.6 Å². The van der Waals surface area contributed by atoms with Crippen molar-refractivity contribution in [3.8, 4) is 21.9 Å². The second kappa shape index (κ2) is 21.5. The smallest absolute Gasteiger partial charge is 0.424 e. The molecule has 78 heavy (non-hydrogen) atoms. The molecule has 16 nitrogen and oxygen atoms in total. The number of hydrogen-bond acceptors (Lipinski definition) is 17. The van der Waals surface area contributed by atoms with Gasteiger partial charge in [-0.1, -0.05) is 121 Å². The zero-order valence-electron chi connectivity index (χ0n) is 41.1. The summed E-state index contributed by atoms with van der Waals surface area (Å²) in [6, 6.07) is 41.6. The van der Waals surface area contributed by atoms with Gasteiger partial charge in [-0.2, -0.15) is 20.3 Å². The Balaban J connectivity index is 1.10. The van der Waals surface area contributed by atoms with Crippen molar-refractivity contribution in [2.24, 2.45) is 0 Å². The Hall–Kier alpha value is -9.66. The highest BCUT2D eigenvalue weighted by Gasteiger charge is 2.61. The molecule has 4 aromatic carbocycles. The summed E-state index contributed by atoms with van der Waals surface area (Å²) in [6.45, 7) is 1.75. The number of imide groups is 6. The molecule has 3 aromatic heterocycles. The zero-order chi connectivity index (χ0) is 54.8. The highest BCUT2D eigenvalue weighted by atomic mass is 32.1. The fourth-order valence-electron chi connectivity index (χ4n) is 9.06. The van der Waals surface area contributed by atoms with Crippen LogP contribution in [-0.4, -0.2) is 57.6 Å². The van der Waals surface area contributed by atoms with Crippen LogP contribution in [0.4, 0.5) is 9.59 Å². The molecule has 0 spiro atoms. The maximum absolute atomic E-state index is 15.4. The summed E-state index contributed by atoms with van der Waals surface area (Å²) in [5.74, 6) is -6.44. The molecule has 10 rings (SSSR count). The van der Waals surface area contributed by atoms with E-state index in [-0.39, 0.29) is 74.5 Å². The second-order valence-electron chi connectivity index (χ2n) is 17.7. The van der Waals surface area contributed by atoms with Crippen molar-refractivity contribution in [3.05, 3.63) is 210 Å². The van der Waals surface area contributed by atoms with Crippen LogP contribution in [0.15, 0.2) is 167 Å². The van der Waals surface area contributed by atoms with Gasteiger partial charge in [0.1, 0.15) is 49.7 Å². The Morgan fingerprint density at radius 3 is 1.29 bits per heavy atom. The number of carbonyl (C=O) groups is 8. The molecule has 0 radical (unpaired) electrons. The van der Waals surface area contributed by atoms with Crippen LogP contribution in [0.5, 0.6) is 0 Å². The monoisotopic (exact) mass is 1090 g/mol. The molecule has 7 aromatic rings. The first-order chi connectivity index (χ1) is 37.7. The quantitative estimate of drug-likeness (QED) is 0.0365. The molecule has 6 amide bonds. The van der Waals surface area contributed by atoms with Crippen LogP contribution in [0.25, 0.3) is 31.3 Å². The highest BCUT2D eigenvalue weighted by Crippen LogP contribution is 2.61. The summed E-state index contributed by atoms with van der Waals surface area (Å²) in [5, 5.41) is 20.3. The lowest BCUT2D eigenvalue weighted by molar-refractivity contribution is -0.164. The maximum atomic E-state index is 15.4. The molecule has 0 atom stereocenters. The largest absolute Gasteiger partial charge is 0.459 e. The van der Waals surface area contributed by atoms with Gasteiger partial charge in [-0.15, -0.1) is 34.0 Å². The van der Waals surface area contributed by atoms with Crippen LogP contribution in [-0.2, 0) is 79.6 Å². The van der Waals surface area contributed by atoms with Gasteiger partial charge < -0.3 is 18.9 Å². The Morgan fingerprint density at radius 2 is 0.897 bits per heavy atom. The number of ether oxygens (including phenoxy) is 4. The Labute approximate surface area is 456 Å². The molecule has 0 unspecified atom stereocenters. The molecular formula is C59H38N4O12S3. The van der Waals surface area contributed by atoms with Crippen molar-refractivity contribution in [3.63, 3.8) is 0 Å². The average molecular weight is 1090 g/mol. The Bertz CT molecular complexity index is 3860. The van der Waals surface area contributed by atoms with Crippen LogP contribution in [0, 0.1) is 22.7 Å². The van der Waals surface area contributed by atoms with Gasteiger partial charge >= 0.3 is 24.1 Å². The first-order valence-corrected chi connectivity index (χ1v) is 26.2. The van der Waals surface area contributed by atoms with Crippen molar-refractivity contribution in [1.29, 1.82) is 10.5 Å². The third-order valence-corrected chi connectivity index (χ3v) is 16.6. The molecule has 0 bridgehead atoms. The molecule has 2 aliphatic heterocycles. The topological polar surface area (TPSA) is 228 Å². The van der Waals surface area contributed by atoms with Gasteiger partial charge in [0.05, 0.1) is 14.5 Å². The van der Waals surface area contributed by atoms with Gasteiger partial charge in [0.2, 0.25) is 5.41 Å². The van der Waals surface area contributed by atoms with E-state index in [0.29, 0.717) is 46.3 Å². The van der Waals surface area contributed by atoms with E-state index >= 15 is 9.59 Å². The molecule has 5 heterocycles. The van der Waals surface area contributed by atoms with E-state index in [9.17, 15) is 39.3 Å². The van der Waals surface area contributed by atoms with Gasteiger partial charge in [-0.3, -0.25) is 28.8 Å². The maximum Gasteiger partial charge on any atom is 0.424 e. The number of amides is 6. The second-order valence-corrected chi connectivity index (χ2v) is 20.9. The first-order valence-electron chi connectivity index (χ1n) is 23.7. The van der Waals surface area contributed by atoms with E-state index < -0.39 is 64.3 Å². The molecule has 0 saturated heterocycles. The van der Waals surface area contributed by atoms with E-state index in [1.54, 1.807) is 127 Å². The molecule has 3 aliphatic rings. The third-order valence-electron chi connectivity index (χ3n) is 13.0. The third kappa shape index (κ3) is 9.32. The summed E-state index contributed by atoms with van der Waals surface area (Å²) in [5.41, 5.74) is -0.948. The number of carbonyl (C=O) groups excluding carboxylic acids is 8.